The Bertz CT molecular complexity index is 735. The Kier molecular flexibility index (Phi) is 4.76. The molecular weight excluding hydrogens is 314 g/mol. The largest absolute Gasteiger partial charge is 0.497 e. The predicted octanol–water partition coefficient (Wildman–Crippen LogP) is 5.27. The normalized spacial score (nSPS) is 10.6. The molecule has 4 heteroatoms. The summed E-state index contributed by atoms with van der Waals surface area (Å²) in [6.45, 7) is 0. The predicted molar refractivity (Wildman–Crippen MR) is 94.0 cm³/mol. The van der Waals surface area contributed by atoms with E-state index < -0.39 is 0 Å². The Labute approximate surface area is 139 Å². The summed E-state index contributed by atoms with van der Waals surface area (Å²) in [6, 6.07) is 16.4. The number of rotatable bonds is 5. The molecule has 0 saturated heterocycles. The van der Waals surface area contributed by atoms with Crippen LogP contribution in [0.15, 0.2) is 53.9 Å². The van der Waals surface area contributed by atoms with Gasteiger partial charge in [0.25, 0.3) is 0 Å². The average molecular weight is 330 g/mol. The summed E-state index contributed by atoms with van der Waals surface area (Å²) in [5.74, 6) is 1.51. The second-order valence-corrected chi connectivity index (χ2v) is 6.14. The molecule has 2 aromatic carbocycles. The number of benzene rings is 2. The Hall–Kier alpha value is -1.84. The molecule has 0 atom stereocenters. The van der Waals surface area contributed by atoms with Crippen molar-refractivity contribution in [2.24, 2.45) is 0 Å². The van der Waals surface area contributed by atoms with E-state index in [-0.39, 0.29) is 0 Å². The Morgan fingerprint density at radius 2 is 1.68 bits per heavy atom. The first-order valence-corrected chi connectivity index (χ1v) is 8.47. The third-order valence-electron chi connectivity index (χ3n) is 3.47. The van der Waals surface area contributed by atoms with Crippen molar-refractivity contribution in [3.63, 3.8) is 0 Å². The highest BCUT2D eigenvalue weighted by atomic mass is 35.5. The summed E-state index contributed by atoms with van der Waals surface area (Å²) in [6.07, 6.45) is 0.899. The molecule has 0 saturated carbocycles. The monoisotopic (exact) mass is 329 g/mol. The van der Waals surface area contributed by atoms with Crippen molar-refractivity contribution in [2.45, 2.75) is 6.42 Å². The van der Waals surface area contributed by atoms with Gasteiger partial charge in [-0.1, -0.05) is 24.3 Å². The number of halogens is 1. The molecule has 0 aliphatic carbocycles. The minimum Gasteiger partial charge on any atom is -0.497 e. The van der Waals surface area contributed by atoms with Gasteiger partial charge in [-0.2, -0.15) is 0 Å². The van der Waals surface area contributed by atoms with Crippen LogP contribution < -0.4 is 4.74 Å². The van der Waals surface area contributed by atoms with Gasteiger partial charge in [0.2, 0.25) is 0 Å². The highest BCUT2D eigenvalue weighted by molar-refractivity contribution is 7.13. The van der Waals surface area contributed by atoms with Crippen molar-refractivity contribution < 1.29 is 4.74 Å². The molecule has 0 fully saturated rings. The zero-order chi connectivity index (χ0) is 15.4. The minimum absolute atomic E-state index is 0.650. The molecule has 22 heavy (non-hydrogen) atoms. The lowest BCUT2D eigenvalue weighted by Gasteiger charge is -2.01. The van der Waals surface area contributed by atoms with Gasteiger partial charge in [-0.15, -0.1) is 22.9 Å². The smallest absolute Gasteiger partial charge is 0.124 e. The average Bonchev–Trinajstić information content (AvgIpc) is 3.06. The molecule has 0 aliphatic rings. The highest BCUT2D eigenvalue weighted by Crippen LogP contribution is 2.30. The van der Waals surface area contributed by atoms with Gasteiger partial charge in [-0.3, -0.25) is 0 Å². The summed E-state index contributed by atoms with van der Waals surface area (Å²) in [5, 5.41) is 3.11. The molecule has 3 rings (SSSR count). The lowest BCUT2D eigenvalue weighted by Crippen LogP contribution is -1.86. The molecule has 0 amide bonds. The van der Waals surface area contributed by atoms with E-state index in [9.17, 15) is 0 Å². The molecule has 3 aromatic rings. The van der Waals surface area contributed by atoms with E-state index in [1.165, 1.54) is 5.56 Å². The van der Waals surface area contributed by atoms with Gasteiger partial charge in [-0.05, 0) is 36.2 Å². The third-order valence-corrected chi connectivity index (χ3v) is 4.55. The van der Waals surface area contributed by atoms with Crippen molar-refractivity contribution in [3.8, 4) is 27.6 Å². The molecule has 0 unspecified atom stereocenters. The molecule has 0 aliphatic heterocycles. The lowest BCUT2D eigenvalue weighted by atomic mass is 10.1. The maximum absolute atomic E-state index is 5.77. The van der Waals surface area contributed by atoms with E-state index in [1.807, 2.05) is 24.3 Å². The van der Waals surface area contributed by atoms with Crippen LogP contribution in [0.4, 0.5) is 0 Å². The van der Waals surface area contributed by atoms with Crippen LogP contribution in [-0.2, 0) is 6.42 Å². The van der Waals surface area contributed by atoms with Crippen LogP contribution in [0.2, 0.25) is 0 Å². The van der Waals surface area contributed by atoms with Crippen molar-refractivity contribution >= 4 is 22.9 Å². The molecule has 0 radical (unpaired) electrons. The molecule has 0 spiro atoms. The van der Waals surface area contributed by atoms with E-state index in [1.54, 1.807) is 18.4 Å². The van der Waals surface area contributed by atoms with E-state index >= 15 is 0 Å². The Morgan fingerprint density at radius 3 is 2.32 bits per heavy atom. The molecule has 0 N–H and O–H groups in total. The number of nitrogens with zero attached hydrogens (tertiary/aromatic N) is 1. The Morgan fingerprint density at radius 1 is 1.00 bits per heavy atom. The standard InChI is InChI=1S/C18H16ClNOS/c1-21-16-8-6-15(7-9-16)18-20-17(12-22-18)14-4-2-13(3-5-14)10-11-19/h2-9,12H,10-11H2,1H3. The van der Waals surface area contributed by atoms with Crippen LogP contribution >= 0.6 is 22.9 Å². The van der Waals surface area contributed by atoms with Gasteiger partial charge in [-0.25, -0.2) is 4.98 Å². The SMILES string of the molecule is COc1ccc(-c2nc(-c3ccc(CCCl)cc3)cs2)cc1. The van der Waals surface area contributed by atoms with Gasteiger partial charge >= 0.3 is 0 Å². The molecule has 2 nitrogen and oxygen atoms in total. The second-order valence-electron chi connectivity index (χ2n) is 4.90. The van der Waals surface area contributed by atoms with Gasteiger partial charge in [0, 0.05) is 22.4 Å². The van der Waals surface area contributed by atoms with E-state index in [0.717, 1.165) is 34.0 Å². The first-order chi connectivity index (χ1) is 10.8. The molecule has 1 heterocycles. The van der Waals surface area contributed by atoms with Crippen LogP contribution in [0.5, 0.6) is 5.75 Å². The number of hydrogen-bond donors (Lipinski definition) is 0. The van der Waals surface area contributed by atoms with E-state index in [0.29, 0.717) is 5.88 Å². The topological polar surface area (TPSA) is 22.1 Å². The maximum Gasteiger partial charge on any atom is 0.124 e. The molecular formula is C18H16ClNOS. The molecule has 1 aromatic heterocycles. The number of thiazole rings is 1. The van der Waals surface area contributed by atoms with Crippen LogP contribution in [0.1, 0.15) is 5.56 Å². The van der Waals surface area contributed by atoms with Gasteiger partial charge in [0.1, 0.15) is 10.8 Å². The number of hydrogen-bond acceptors (Lipinski definition) is 3. The van der Waals surface area contributed by atoms with Crippen LogP contribution in [0, 0.1) is 0 Å². The second kappa shape index (κ2) is 6.95. The zero-order valence-corrected chi connectivity index (χ0v) is 13.8. The summed E-state index contributed by atoms with van der Waals surface area (Å²) in [7, 11) is 1.67. The van der Waals surface area contributed by atoms with E-state index in [2.05, 4.69) is 29.6 Å². The Balaban J connectivity index is 1.83. The number of methoxy groups -OCH3 is 1. The first kappa shape index (κ1) is 15.1. The number of aryl methyl sites for hydroxylation is 1. The minimum atomic E-state index is 0.650. The quantitative estimate of drug-likeness (QED) is 0.595. The highest BCUT2D eigenvalue weighted by Gasteiger charge is 2.07. The van der Waals surface area contributed by atoms with Gasteiger partial charge < -0.3 is 4.74 Å². The summed E-state index contributed by atoms with van der Waals surface area (Å²) >= 11 is 7.42. The fourth-order valence-electron chi connectivity index (χ4n) is 2.22. The van der Waals surface area contributed by atoms with Crippen molar-refractivity contribution in [1.82, 2.24) is 4.98 Å². The fourth-order valence-corrected chi connectivity index (χ4v) is 3.28. The van der Waals surface area contributed by atoms with Crippen LogP contribution in [0.25, 0.3) is 21.8 Å². The van der Waals surface area contributed by atoms with Crippen molar-refractivity contribution in [3.05, 3.63) is 59.5 Å². The summed E-state index contributed by atoms with van der Waals surface area (Å²) < 4.78 is 5.18. The number of ether oxygens (including phenoxy) is 1. The van der Waals surface area contributed by atoms with E-state index in [4.69, 9.17) is 21.3 Å². The summed E-state index contributed by atoms with van der Waals surface area (Å²) in [5.41, 5.74) is 4.50. The fraction of sp³-hybridized carbons (Fsp3) is 0.167. The van der Waals surface area contributed by atoms with Crippen molar-refractivity contribution in [2.75, 3.05) is 13.0 Å². The molecule has 112 valence electrons. The van der Waals surface area contributed by atoms with Crippen LogP contribution in [-0.4, -0.2) is 18.0 Å². The maximum atomic E-state index is 5.77. The van der Waals surface area contributed by atoms with Gasteiger partial charge in [0.15, 0.2) is 0 Å². The van der Waals surface area contributed by atoms with Crippen molar-refractivity contribution in [1.29, 1.82) is 0 Å². The number of alkyl halides is 1. The third kappa shape index (κ3) is 3.32. The van der Waals surface area contributed by atoms with Gasteiger partial charge in [0.05, 0.1) is 12.8 Å². The lowest BCUT2D eigenvalue weighted by molar-refractivity contribution is 0.415. The van der Waals surface area contributed by atoms with Crippen LogP contribution in [0.3, 0.4) is 0 Å². The molecule has 0 bridgehead atoms. The number of aromatic nitrogens is 1. The zero-order valence-electron chi connectivity index (χ0n) is 12.3. The first-order valence-electron chi connectivity index (χ1n) is 7.05. The summed E-state index contributed by atoms with van der Waals surface area (Å²) in [4.78, 5) is 4.73.